The molecule has 1 amide bonds. The van der Waals surface area contributed by atoms with Gasteiger partial charge in [0.05, 0.1) is 12.5 Å². The first-order chi connectivity index (χ1) is 9.54. The summed E-state index contributed by atoms with van der Waals surface area (Å²) in [5.41, 5.74) is 0.594. The summed E-state index contributed by atoms with van der Waals surface area (Å²) in [5.74, 6) is -3.06. The number of nitrogens with one attached hydrogen (secondary N) is 1. The number of benzene rings is 1. The smallest absolute Gasteiger partial charge is 0.315 e. The van der Waals surface area contributed by atoms with E-state index in [-0.39, 0.29) is 13.2 Å². The minimum Gasteiger partial charge on any atom is -0.481 e. The summed E-state index contributed by atoms with van der Waals surface area (Å²) < 4.78 is 4.64. The number of carbonyl (C=O) groups excluding carboxylic acids is 2. The van der Waals surface area contributed by atoms with Crippen molar-refractivity contribution in [3.8, 4) is 0 Å². The summed E-state index contributed by atoms with van der Waals surface area (Å²) in [6.07, 6.45) is -0.408. The minimum absolute atomic E-state index is 0.0718. The summed E-state index contributed by atoms with van der Waals surface area (Å²) in [6.45, 7) is 1.77. The highest BCUT2D eigenvalue weighted by atomic mass is 16.5. The lowest BCUT2D eigenvalue weighted by Gasteiger charge is -2.13. The van der Waals surface area contributed by atoms with Gasteiger partial charge in [0.25, 0.3) is 0 Å². The van der Waals surface area contributed by atoms with E-state index in [4.69, 9.17) is 5.11 Å². The highest BCUT2D eigenvalue weighted by Crippen LogP contribution is 2.14. The van der Waals surface area contributed by atoms with E-state index in [2.05, 4.69) is 10.1 Å². The van der Waals surface area contributed by atoms with Crippen LogP contribution in [-0.2, 0) is 19.1 Å². The van der Waals surface area contributed by atoms with Gasteiger partial charge in [-0.15, -0.1) is 0 Å². The normalized spacial score (nSPS) is 11.4. The first-order valence-corrected chi connectivity index (χ1v) is 6.24. The fourth-order valence-electron chi connectivity index (χ4n) is 1.65. The molecule has 1 aromatic carbocycles. The van der Waals surface area contributed by atoms with E-state index in [9.17, 15) is 14.4 Å². The molecule has 6 heteroatoms. The van der Waals surface area contributed by atoms with Gasteiger partial charge in [0, 0.05) is 6.54 Å². The van der Waals surface area contributed by atoms with Crippen LogP contribution >= 0.6 is 0 Å². The predicted molar refractivity (Wildman–Crippen MR) is 71.1 cm³/mol. The Bertz CT molecular complexity index is 472. The van der Waals surface area contributed by atoms with E-state index in [1.807, 2.05) is 0 Å². The first-order valence-electron chi connectivity index (χ1n) is 6.24. The van der Waals surface area contributed by atoms with Crippen LogP contribution in [0.15, 0.2) is 30.3 Å². The van der Waals surface area contributed by atoms with E-state index < -0.39 is 30.2 Å². The lowest BCUT2D eigenvalue weighted by Crippen LogP contribution is -2.33. The Morgan fingerprint density at radius 2 is 1.90 bits per heavy atom. The second-order valence-corrected chi connectivity index (χ2v) is 4.09. The second kappa shape index (κ2) is 7.93. The number of carboxylic acid groups (broad SMARTS) is 1. The molecule has 0 aliphatic rings. The molecule has 6 nitrogen and oxygen atoms in total. The molecular formula is C14H17NO5. The third-order valence-corrected chi connectivity index (χ3v) is 2.61. The number of aliphatic carboxylic acids is 1. The molecule has 0 bridgehead atoms. The average Bonchev–Trinajstić information content (AvgIpc) is 2.40. The van der Waals surface area contributed by atoms with E-state index in [1.165, 1.54) is 0 Å². The summed E-state index contributed by atoms with van der Waals surface area (Å²) in [4.78, 5) is 33.8. The van der Waals surface area contributed by atoms with Crippen molar-refractivity contribution < 1.29 is 24.2 Å². The zero-order valence-corrected chi connectivity index (χ0v) is 11.2. The largest absolute Gasteiger partial charge is 0.481 e. The summed E-state index contributed by atoms with van der Waals surface area (Å²) in [5, 5.41) is 11.6. The van der Waals surface area contributed by atoms with Crippen molar-refractivity contribution in [1.82, 2.24) is 5.32 Å². The molecule has 2 N–H and O–H groups in total. The van der Waals surface area contributed by atoms with Crippen LogP contribution in [0.25, 0.3) is 0 Å². The van der Waals surface area contributed by atoms with Crippen molar-refractivity contribution in [3.63, 3.8) is 0 Å². The molecule has 1 atom stereocenters. The number of carboxylic acids is 1. The van der Waals surface area contributed by atoms with Crippen molar-refractivity contribution in [1.29, 1.82) is 0 Å². The van der Waals surface area contributed by atoms with E-state index in [0.29, 0.717) is 5.56 Å². The predicted octanol–water partition coefficient (Wildman–Crippen LogP) is 0.924. The van der Waals surface area contributed by atoms with Gasteiger partial charge in [0.15, 0.2) is 0 Å². The summed E-state index contributed by atoms with van der Waals surface area (Å²) in [6, 6.07) is 8.59. The summed E-state index contributed by atoms with van der Waals surface area (Å²) in [7, 11) is 0. The molecule has 0 aromatic heterocycles. The van der Waals surface area contributed by atoms with Crippen LogP contribution in [0.1, 0.15) is 24.8 Å². The lowest BCUT2D eigenvalue weighted by atomic mass is 9.99. The average molecular weight is 279 g/mol. The van der Waals surface area contributed by atoms with Crippen LogP contribution in [-0.4, -0.2) is 36.1 Å². The zero-order valence-electron chi connectivity index (χ0n) is 11.2. The minimum atomic E-state index is -1.03. The Hall–Kier alpha value is -2.37. The van der Waals surface area contributed by atoms with Gasteiger partial charge in [-0.05, 0) is 12.5 Å². The summed E-state index contributed by atoms with van der Waals surface area (Å²) >= 11 is 0. The molecule has 0 spiro atoms. The molecular weight excluding hydrogens is 262 g/mol. The fourth-order valence-corrected chi connectivity index (χ4v) is 1.65. The monoisotopic (exact) mass is 279 g/mol. The number of carbonyl (C=O) groups is 3. The van der Waals surface area contributed by atoms with Gasteiger partial charge in [0.2, 0.25) is 5.91 Å². The van der Waals surface area contributed by atoms with E-state index in [1.54, 1.807) is 37.3 Å². The fraction of sp³-hybridized carbons (Fsp3) is 0.357. The van der Waals surface area contributed by atoms with E-state index >= 15 is 0 Å². The number of ether oxygens (including phenoxy) is 1. The van der Waals surface area contributed by atoms with Crippen molar-refractivity contribution in [2.24, 2.45) is 0 Å². The quantitative estimate of drug-likeness (QED) is 0.572. The number of hydrogen-bond acceptors (Lipinski definition) is 4. The molecule has 0 saturated heterocycles. The highest BCUT2D eigenvalue weighted by molar-refractivity contribution is 5.94. The molecule has 0 heterocycles. The van der Waals surface area contributed by atoms with E-state index in [0.717, 1.165) is 0 Å². The number of rotatable bonds is 7. The van der Waals surface area contributed by atoms with Crippen LogP contribution < -0.4 is 5.32 Å². The van der Waals surface area contributed by atoms with Crippen molar-refractivity contribution in [2.75, 3.05) is 13.2 Å². The highest BCUT2D eigenvalue weighted by Gasteiger charge is 2.21. The molecule has 0 fully saturated rings. The number of hydrogen-bond donors (Lipinski definition) is 2. The van der Waals surface area contributed by atoms with Crippen LogP contribution in [0.5, 0.6) is 0 Å². The Labute approximate surface area is 116 Å². The Balaban J connectivity index is 2.54. The van der Waals surface area contributed by atoms with Gasteiger partial charge >= 0.3 is 11.9 Å². The van der Waals surface area contributed by atoms with Gasteiger partial charge in [-0.25, -0.2) is 0 Å². The Kier molecular flexibility index (Phi) is 6.22. The van der Waals surface area contributed by atoms with Crippen molar-refractivity contribution >= 4 is 17.8 Å². The number of amides is 1. The molecule has 1 aromatic rings. The maximum absolute atomic E-state index is 11.5. The third-order valence-electron chi connectivity index (χ3n) is 2.61. The first kappa shape index (κ1) is 15.7. The second-order valence-electron chi connectivity index (χ2n) is 4.09. The van der Waals surface area contributed by atoms with Gasteiger partial charge < -0.3 is 15.2 Å². The molecule has 1 rings (SSSR count). The Morgan fingerprint density at radius 1 is 1.25 bits per heavy atom. The van der Waals surface area contributed by atoms with Crippen LogP contribution in [0, 0.1) is 0 Å². The van der Waals surface area contributed by atoms with Gasteiger partial charge in [0.1, 0.15) is 6.42 Å². The Morgan fingerprint density at radius 3 is 2.45 bits per heavy atom. The van der Waals surface area contributed by atoms with Gasteiger partial charge in [-0.2, -0.15) is 0 Å². The van der Waals surface area contributed by atoms with Crippen molar-refractivity contribution in [3.05, 3.63) is 35.9 Å². The molecule has 20 heavy (non-hydrogen) atoms. The van der Waals surface area contributed by atoms with Crippen molar-refractivity contribution in [2.45, 2.75) is 19.3 Å². The maximum Gasteiger partial charge on any atom is 0.315 e. The lowest BCUT2D eigenvalue weighted by molar-refractivity contribution is -0.145. The van der Waals surface area contributed by atoms with Crippen LogP contribution in [0.2, 0.25) is 0 Å². The van der Waals surface area contributed by atoms with Gasteiger partial charge in [-0.3, -0.25) is 14.4 Å². The van der Waals surface area contributed by atoms with Crippen LogP contribution in [0.4, 0.5) is 0 Å². The maximum atomic E-state index is 11.5. The molecule has 108 valence electrons. The molecule has 0 aliphatic carbocycles. The third kappa shape index (κ3) is 5.09. The van der Waals surface area contributed by atoms with Crippen LogP contribution in [0.3, 0.4) is 0 Å². The zero-order chi connectivity index (χ0) is 15.0. The molecule has 0 radical (unpaired) electrons. The standard InChI is InChI=1S/C14H17NO5/c1-2-20-13(17)8-12(16)15-9-11(14(18)19)10-6-4-3-5-7-10/h3-7,11H,2,8-9H2,1H3,(H,15,16)(H,18,19). The van der Waals surface area contributed by atoms with Gasteiger partial charge in [-0.1, -0.05) is 30.3 Å². The topological polar surface area (TPSA) is 92.7 Å². The number of esters is 1. The molecule has 0 aliphatic heterocycles. The molecule has 1 unspecified atom stereocenters. The SMILES string of the molecule is CCOC(=O)CC(=O)NCC(C(=O)O)c1ccccc1. The molecule has 0 saturated carbocycles.